The number of carbonyl (C=O) groups is 2. The van der Waals surface area contributed by atoms with Gasteiger partial charge in [-0.1, -0.05) is 17.7 Å². The van der Waals surface area contributed by atoms with Gasteiger partial charge in [0.05, 0.1) is 21.3 Å². The van der Waals surface area contributed by atoms with E-state index in [0.717, 1.165) is 11.1 Å². The maximum atomic E-state index is 12.4. The number of ether oxygens (including phenoxy) is 4. The number of hydrogen-bond acceptors (Lipinski definition) is 6. The van der Waals surface area contributed by atoms with Gasteiger partial charge in [-0.25, -0.2) is 4.79 Å². The number of benzene rings is 2. The van der Waals surface area contributed by atoms with Gasteiger partial charge in [-0.2, -0.15) is 0 Å². The summed E-state index contributed by atoms with van der Waals surface area (Å²) in [7, 11) is 4.55. The largest absolute Gasteiger partial charge is 0.496 e. The molecule has 1 amide bonds. The molecule has 2 aromatic carbocycles. The zero-order valence-corrected chi connectivity index (χ0v) is 18.1. The predicted octanol–water partition coefficient (Wildman–Crippen LogP) is 3.91. The van der Waals surface area contributed by atoms with E-state index < -0.39 is 18.0 Å². The molecule has 0 aliphatic carbocycles. The fourth-order valence-electron chi connectivity index (χ4n) is 2.80. The molecule has 30 heavy (non-hydrogen) atoms. The van der Waals surface area contributed by atoms with E-state index in [4.69, 9.17) is 18.9 Å². The minimum absolute atomic E-state index is 0.410. The molecule has 0 saturated carbocycles. The number of carbonyl (C=O) groups excluding carboxylic acids is 2. The lowest BCUT2D eigenvalue weighted by Crippen LogP contribution is -2.29. The van der Waals surface area contributed by atoms with Crippen molar-refractivity contribution in [1.82, 2.24) is 0 Å². The van der Waals surface area contributed by atoms with E-state index in [9.17, 15) is 9.59 Å². The number of aryl methyl sites for hydroxylation is 2. The van der Waals surface area contributed by atoms with Crippen LogP contribution < -0.4 is 19.5 Å². The molecule has 160 valence electrons. The Kier molecular flexibility index (Phi) is 7.86. The Bertz CT molecular complexity index is 951. The molecule has 7 nitrogen and oxygen atoms in total. The molecule has 2 aromatic rings. The molecule has 0 bridgehead atoms. The van der Waals surface area contributed by atoms with E-state index >= 15 is 0 Å². The maximum absolute atomic E-state index is 12.4. The van der Waals surface area contributed by atoms with Gasteiger partial charge in [0.2, 0.25) is 0 Å². The SMILES string of the molecule is COc1cc(OC)c(OC)cc1/C=C/C(=O)OC(C)C(=O)Nc1ccc(C)cc1C. The molecule has 1 N–H and O–H groups in total. The summed E-state index contributed by atoms with van der Waals surface area (Å²) in [6, 6.07) is 9.02. The van der Waals surface area contributed by atoms with Crippen molar-refractivity contribution in [1.29, 1.82) is 0 Å². The van der Waals surface area contributed by atoms with Crippen LogP contribution in [0.5, 0.6) is 17.2 Å². The second-order valence-corrected chi connectivity index (χ2v) is 6.67. The Labute approximate surface area is 176 Å². The van der Waals surface area contributed by atoms with Crippen molar-refractivity contribution in [3.8, 4) is 17.2 Å². The molecule has 1 unspecified atom stereocenters. The number of hydrogen-bond donors (Lipinski definition) is 1. The van der Waals surface area contributed by atoms with Gasteiger partial charge >= 0.3 is 5.97 Å². The third kappa shape index (κ3) is 5.76. The fourth-order valence-corrected chi connectivity index (χ4v) is 2.80. The van der Waals surface area contributed by atoms with Gasteiger partial charge in [0.15, 0.2) is 17.6 Å². The van der Waals surface area contributed by atoms with E-state index in [-0.39, 0.29) is 0 Å². The number of anilines is 1. The highest BCUT2D eigenvalue weighted by molar-refractivity contribution is 5.97. The Morgan fingerprint density at radius 3 is 2.17 bits per heavy atom. The molecule has 0 saturated heterocycles. The molecule has 0 heterocycles. The number of esters is 1. The summed E-state index contributed by atoms with van der Waals surface area (Å²) < 4.78 is 21.0. The zero-order valence-electron chi connectivity index (χ0n) is 18.1. The summed E-state index contributed by atoms with van der Waals surface area (Å²) in [5.41, 5.74) is 3.31. The lowest BCUT2D eigenvalue weighted by molar-refractivity contribution is -0.148. The van der Waals surface area contributed by atoms with Crippen LogP contribution in [0.4, 0.5) is 5.69 Å². The summed E-state index contributed by atoms with van der Waals surface area (Å²) >= 11 is 0. The minimum Gasteiger partial charge on any atom is -0.496 e. The first-order valence-electron chi connectivity index (χ1n) is 9.35. The highest BCUT2D eigenvalue weighted by Gasteiger charge is 2.18. The summed E-state index contributed by atoms with van der Waals surface area (Å²) in [6.07, 6.45) is 1.79. The maximum Gasteiger partial charge on any atom is 0.331 e. The summed E-state index contributed by atoms with van der Waals surface area (Å²) in [4.78, 5) is 24.5. The van der Waals surface area contributed by atoms with Crippen LogP contribution in [0.25, 0.3) is 6.08 Å². The first kappa shape index (κ1) is 22.8. The summed E-state index contributed by atoms with van der Waals surface area (Å²) in [6.45, 7) is 5.39. The monoisotopic (exact) mass is 413 g/mol. The van der Waals surface area contributed by atoms with Crippen LogP contribution in [0.1, 0.15) is 23.6 Å². The van der Waals surface area contributed by atoms with Crippen molar-refractivity contribution in [3.05, 3.63) is 53.1 Å². The van der Waals surface area contributed by atoms with E-state index in [1.165, 1.54) is 40.4 Å². The Balaban J connectivity index is 2.05. The molecular formula is C23H27NO6. The number of amides is 1. The second-order valence-electron chi connectivity index (χ2n) is 6.67. The van der Waals surface area contributed by atoms with Crippen LogP contribution in [-0.2, 0) is 14.3 Å². The van der Waals surface area contributed by atoms with Gasteiger partial charge in [-0.05, 0) is 44.5 Å². The smallest absolute Gasteiger partial charge is 0.331 e. The molecule has 7 heteroatoms. The molecule has 0 aromatic heterocycles. The van der Waals surface area contributed by atoms with E-state index in [0.29, 0.717) is 28.5 Å². The van der Waals surface area contributed by atoms with Crippen molar-refractivity contribution in [3.63, 3.8) is 0 Å². The Morgan fingerprint density at radius 2 is 1.57 bits per heavy atom. The lowest BCUT2D eigenvalue weighted by Gasteiger charge is -2.14. The van der Waals surface area contributed by atoms with Crippen LogP contribution in [0.2, 0.25) is 0 Å². The number of rotatable bonds is 8. The van der Waals surface area contributed by atoms with Crippen molar-refractivity contribution >= 4 is 23.6 Å². The van der Waals surface area contributed by atoms with Crippen LogP contribution in [0, 0.1) is 13.8 Å². The number of nitrogens with one attached hydrogen (secondary N) is 1. The molecule has 0 spiro atoms. The second kappa shape index (κ2) is 10.3. The van der Waals surface area contributed by atoms with Crippen LogP contribution in [-0.4, -0.2) is 39.3 Å². The first-order chi connectivity index (χ1) is 14.3. The van der Waals surface area contributed by atoms with Crippen molar-refractivity contribution in [2.45, 2.75) is 26.9 Å². The van der Waals surface area contributed by atoms with E-state index in [1.54, 1.807) is 12.1 Å². The van der Waals surface area contributed by atoms with Gasteiger partial charge in [0.25, 0.3) is 5.91 Å². The van der Waals surface area contributed by atoms with E-state index in [2.05, 4.69) is 5.32 Å². The Hall–Kier alpha value is -3.48. The first-order valence-corrected chi connectivity index (χ1v) is 9.35. The molecular weight excluding hydrogens is 386 g/mol. The standard InChI is InChI=1S/C23H27NO6/c1-14-7-9-18(15(2)11-14)24-23(26)16(3)30-22(25)10-8-17-12-20(28-5)21(29-6)13-19(17)27-4/h7-13,16H,1-6H3,(H,24,26)/b10-8+. The molecule has 2 rings (SSSR count). The highest BCUT2D eigenvalue weighted by atomic mass is 16.5. The minimum atomic E-state index is -0.963. The Morgan fingerprint density at radius 1 is 0.933 bits per heavy atom. The van der Waals surface area contributed by atoms with Gasteiger partial charge in [-0.15, -0.1) is 0 Å². The van der Waals surface area contributed by atoms with Gasteiger partial charge in [0, 0.05) is 23.4 Å². The molecule has 0 aliphatic rings. The zero-order chi connectivity index (χ0) is 22.3. The normalized spacial score (nSPS) is 11.7. The van der Waals surface area contributed by atoms with Gasteiger partial charge in [0.1, 0.15) is 5.75 Å². The van der Waals surface area contributed by atoms with Crippen molar-refractivity contribution in [2.24, 2.45) is 0 Å². The third-order valence-corrected chi connectivity index (χ3v) is 4.44. The molecule has 1 atom stereocenters. The third-order valence-electron chi connectivity index (χ3n) is 4.44. The quantitative estimate of drug-likeness (QED) is 0.522. The van der Waals surface area contributed by atoms with Crippen molar-refractivity contribution in [2.75, 3.05) is 26.6 Å². The van der Waals surface area contributed by atoms with Gasteiger partial charge < -0.3 is 24.3 Å². The highest BCUT2D eigenvalue weighted by Crippen LogP contribution is 2.35. The van der Waals surface area contributed by atoms with E-state index in [1.807, 2.05) is 32.0 Å². The van der Waals surface area contributed by atoms with Crippen LogP contribution in [0.15, 0.2) is 36.4 Å². The topological polar surface area (TPSA) is 83.1 Å². The van der Waals surface area contributed by atoms with Crippen molar-refractivity contribution < 1.29 is 28.5 Å². The fraction of sp³-hybridized carbons (Fsp3) is 0.304. The average molecular weight is 413 g/mol. The van der Waals surface area contributed by atoms with Crippen LogP contribution in [0.3, 0.4) is 0 Å². The molecule has 0 aliphatic heterocycles. The molecule has 0 radical (unpaired) electrons. The molecule has 0 fully saturated rings. The summed E-state index contributed by atoms with van der Waals surface area (Å²) in [5.74, 6) is 0.429. The van der Waals surface area contributed by atoms with Gasteiger partial charge in [-0.3, -0.25) is 4.79 Å². The number of methoxy groups -OCH3 is 3. The summed E-state index contributed by atoms with van der Waals surface area (Å²) in [5, 5.41) is 2.77. The lowest BCUT2D eigenvalue weighted by atomic mass is 10.1. The average Bonchev–Trinajstić information content (AvgIpc) is 2.73. The van der Waals surface area contributed by atoms with Crippen LogP contribution >= 0.6 is 0 Å². The predicted molar refractivity (Wildman–Crippen MR) is 115 cm³/mol.